The average Bonchev–Trinajstić information content (AvgIpc) is 3.24. The van der Waals surface area contributed by atoms with Crippen molar-refractivity contribution in [1.82, 2.24) is 19.2 Å². The third-order valence-corrected chi connectivity index (χ3v) is 4.83. The van der Waals surface area contributed by atoms with Crippen LogP contribution in [0, 0.1) is 17.2 Å². The van der Waals surface area contributed by atoms with Crippen LogP contribution in [0.1, 0.15) is 46.4 Å². The number of aliphatic hydroxyl groups is 1. The topological polar surface area (TPSA) is 87.1 Å². The number of aryl methyl sites for hydroxylation is 1. The van der Waals surface area contributed by atoms with Crippen molar-refractivity contribution in [2.45, 2.75) is 32.0 Å². The second kappa shape index (κ2) is 5.49. The van der Waals surface area contributed by atoms with Crippen molar-refractivity contribution in [1.29, 1.82) is 5.26 Å². The molecule has 2 aromatic rings. The molecule has 3 heterocycles. The van der Waals surface area contributed by atoms with Crippen LogP contribution in [-0.2, 0) is 20.1 Å². The first kappa shape index (κ1) is 15.0. The summed E-state index contributed by atoms with van der Waals surface area (Å²) < 4.78 is 3.57. The zero-order valence-corrected chi connectivity index (χ0v) is 13.5. The maximum Gasteiger partial charge on any atom is 0.270 e. The molecule has 2 aromatic heterocycles. The monoisotopic (exact) mass is 325 g/mol. The Morgan fingerprint density at radius 2 is 2.21 bits per heavy atom. The molecule has 1 aliphatic carbocycles. The molecule has 1 atom stereocenters. The summed E-state index contributed by atoms with van der Waals surface area (Å²) in [5, 5.41) is 23.7. The van der Waals surface area contributed by atoms with E-state index in [9.17, 15) is 9.90 Å². The van der Waals surface area contributed by atoms with Crippen LogP contribution in [-0.4, -0.2) is 36.8 Å². The first-order chi connectivity index (χ1) is 11.6. The molecule has 7 nitrogen and oxygen atoms in total. The Morgan fingerprint density at radius 1 is 1.42 bits per heavy atom. The average molecular weight is 325 g/mol. The molecule has 1 aliphatic heterocycles. The fourth-order valence-electron chi connectivity index (χ4n) is 3.26. The van der Waals surface area contributed by atoms with Crippen LogP contribution >= 0.6 is 0 Å². The van der Waals surface area contributed by atoms with Gasteiger partial charge < -0.3 is 14.6 Å². The Balaban J connectivity index is 1.54. The van der Waals surface area contributed by atoms with Crippen molar-refractivity contribution in [3.63, 3.8) is 0 Å². The second-order valence-corrected chi connectivity index (χ2v) is 6.63. The van der Waals surface area contributed by atoms with E-state index in [1.165, 1.54) is 0 Å². The Labute approximate surface area is 139 Å². The highest BCUT2D eigenvalue weighted by Gasteiger charge is 2.34. The molecule has 0 saturated heterocycles. The van der Waals surface area contributed by atoms with Gasteiger partial charge in [0.2, 0.25) is 0 Å². The lowest BCUT2D eigenvalue weighted by atomic mass is 10.1. The molecule has 1 amide bonds. The van der Waals surface area contributed by atoms with Gasteiger partial charge in [0.1, 0.15) is 17.9 Å². The lowest BCUT2D eigenvalue weighted by Gasteiger charge is -2.27. The number of carbonyl (C=O) groups is 1. The minimum Gasteiger partial charge on any atom is -0.386 e. The predicted octanol–water partition coefficient (Wildman–Crippen LogP) is 1.19. The Bertz CT molecular complexity index is 840. The van der Waals surface area contributed by atoms with E-state index in [0.717, 1.165) is 18.5 Å². The highest BCUT2D eigenvalue weighted by Crippen LogP contribution is 2.40. The first-order valence-corrected chi connectivity index (χ1v) is 8.17. The van der Waals surface area contributed by atoms with Crippen molar-refractivity contribution in [3.8, 4) is 6.07 Å². The van der Waals surface area contributed by atoms with Gasteiger partial charge in [-0.05, 0) is 30.9 Å². The number of amides is 1. The summed E-state index contributed by atoms with van der Waals surface area (Å²) >= 11 is 0. The Hall–Kier alpha value is -2.59. The van der Waals surface area contributed by atoms with Gasteiger partial charge in [-0.2, -0.15) is 10.4 Å². The summed E-state index contributed by atoms with van der Waals surface area (Å²) in [7, 11) is 1.77. The number of hydrogen-bond donors (Lipinski definition) is 1. The Morgan fingerprint density at radius 3 is 2.88 bits per heavy atom. The molecule has 1 saturated carbocycles. The molecule has 7 heteroatoms. The fourth-order valence-corrected chi connectivity index (χ4v) is 3.26. The van der Waals surface area contributed by atoms with Gasteiger partial charge in [-0.3, -0.25) is 9.48 Å². The second-order valence-electron chi connectivity index (χ2n) is 6.63. The number of aromatic nitrogens is 3. The largest absolute Gasteiger partial charge is 0.386 e. The van der Waals surface area contributed by atoms with Gasteiger partial charge in [0.25, 0.3) is 5.91 Å². The quantitative estimate of drug-likeness (QED) is 0.918. The van der Waals surface area contributed by atoms with Gasteiger partial charge in [0.05, 0.1) is 30.0 Å². The normalized spacial score (nSPS) is 18.1. The smallest absolute Gasteiger partial charge is 0.270 e. The summed E-state index contributed by atoms with van der Waals surface area (Å²) in [4.78, 5) is 14.5. The number of carbonyl (C=O) groups excluding carboxylic acids is 1. The zero-order valence-electron chi connectivity index (χ0n) is 13.5. The predicted molar refractivity (Wildman–Crippen MR) is 84.8 cm³/mol. The molecule has 2 aliphatic rings. The molecule has 1 fully saturated rings. The molecular weight excluding hydrogens is 306 g/mol. The van der Waals surface area contributed by atoms with E-state index < -0.39 is 6.10 Å². The van der Waals surface area contributed by atoms with E-state index in [1.54, 1.807) is 28.8 Å². The SMILES string of the molecule is Cn1cc(C#N)cc1C(=O)N1CCn2nc(C(O)C3CC3)cc2C1. The van der Waals surface area contributed by atoms with Crippen LogP contribution in [0.2, 0.25) is 0 Å². The van der Waals surface area contributed by atoms with Crippen LogP contribution < -0.4 is 0 Å². The third-order valence-electron chi connectivity index (χ3n) is 4.83. The van der Waals surface area contributed by atoms with Gasteiger partial charge in [0.15, 0.2) is 0 Å². The van der Waals surface area contributed by atoms with Crippen molar-refractivity contribution >= 4 is 5.91 Å². The van der Waals surface area contributed by atoms with Crippen molar-refractivity contribution < 1.29 is 9.90 Å². The number of nitrogens with zero attached hydrogens (tertiary/aromatic N) is 5. The maximum atomic E-state index is 12.7. The summed E-state index contributed by atoms with van der Waals surface area (Å²) in [6, 6.07) is 5.59. The van der Waals surface area contributed by atoms with Crippen molar-refractivity contribution in [2.75, 3.05) is 6.54 Å². The van der Waals surface area contributed by atoms with E-state index in [1.807, 2.05) is 10.7 Å². The summed E-state index contributed by atoms with van der Waals surface area (Å²) in [5.41, 5.74) is 2.65. The summed E-state index contributed by atoms with van der Waals surface area (Å²) in [6.45, 7) is 1.66. The minimum atomic E-state index is -0.488. The number of aliphatic hydroxyl groups excluding tert-OH is 1. The zero-order chi connectivity index (χ0) is 16.8. The number of fused-ring (bicyclic) bond motifs is 1. The fraction of sp³-hybridized carbons (Fsp3) is 0.471. The highest BCUT2D eigenvalue weighted by molar-refractivity contribution is 5.93. The molecule has 1 unspecified atom stereocenters. The van der Waals surface area contributed by atoms with Crippen LogP contribution in [0.4, 0.5) is 0 Å². The molecule has 4 rings (SSSR count). The molecule has 0 aromatic carbocycles. The molecule has 24 heavy (non-hydrogen) atoms. The van der Waals surface area contributed by atoms with Crippen LogP contribution in [0.5, 0.6) is 0 Å². The van der Waals surface area contributed by atoms with Crippen molar-refractivity contribution in [3.05, 3.63) is 41.0 Å². The Kier molecular flexibility index (Phi) is 3.43. The van der Waals surface area contributed by atoms with E-state index in [-0.39, 0.29) is 5.91 Å². The first-order valence-electron chi connectivity index (χ1n) is 8.17. The van der Waals surface area contributed by atoms with E-state index in [2.05, 4.69) is 11.2 Å². The number of hydrogen-bond acceptors (Lipinski definition) is 4. The molecule has 0 bridgehead atoms. The van der Waals surface area contributed by atoms with Crippen LogP contribution in [0.3, 0.4) is 0 Å². The van der Waals surface area contributed by atoms with Crippen molar-refractivity contribution in [2.24, 2.45) is 13.0 Å². The summed E-state index contributed by atoms with van der Waals surface area (Å²) in [5.74, 6) is 0.253. The molecule has 0 radical (unpaired) electrons. The van der Waals surface area contributed by atoms with Gasteiger partial charge in [-0.15, -0.1) is 0 Å². The maximum absolute atomic E-state index is 12.7. The molecular formula is C17H19N5O2. The lowest BCUT2D eigenvalue weighted by molar-refractivity contribution is 0.0696. The molecule has 0 spiro atoms. The van der Waals surface area contributed by atoms with E-state index >= 15 is 0 Å². The highest BCUT2D eigenvalue weighted by atomic mass is 16.3. The summed E-state index contributed by atoms with van der Waals surface area (Å²) in [6.07, 6.45) is 3.29. The minimum absolute atomic E-state index is 0.0873. The van der Waals surface area contributed by atoms with E-state index in [4.69, 9.17) is 5.26 Å². The van der Waals surface area contributed by atoms with Gasteiger partial charge in [-0.1, -0.05) is 0 Å². The third kappa shape index (κ3) is 2.49. The number of nitriles is 1. The van der Waals surface area contributed by atoms with Crippen LogP contribution in [0.15, 0.2) is 18.3 Å². The van der Waals surface area contributed by atoms with E-state index in [0.29, 0.717) is 42.5 Å². The molecule has 1 N–H and O–H groups in total. The standard InChI is InChI=1S/C17H19N5O2/c1-20-9-11(8-18)6-15(20)17(24)21-4-5-22-13(10-21)7-14(19-22)16(23)12-2-3-12/h6-7,9,12,16,23H,2-5,10H2,1H3. The lowest BCUT2D eigenvalue weighted by Crippen LogP contribution is -2.39. The molecule has 124 valence electrons. The van der Waals surface area contributed by atoms with Gasteiger partial charge >= 0.3 is 0 Å². The van der Waals surface area contributed by atoms with Crippen LogP contribution in [0.25, 0.3) is 0 Å². The number of rotatable bonds is 3. The van der Waals surface area contributed by atoms with Gasteiger partial charge in [0, 0.05) is 19.8 Å². The van der Waals surface area contributed by atoms with Gasteiger partial charge in [-0.25, -0.2) is 0 Å².